The van der Waals surface area contributed by atoms with Gasteiger partial charge in [0.1, 0.15) is 0 Å². The Labute approximate surface area is 92.8 Å². The van der Waals surface area contributed by atoms with Crippen LogP contribution >= 0.6 is 0 Å². The lowest BCUT2D eigenvalue weighted by Gasteiger charge is -2.19. The Morgan fingerprint density at radius 2 is 1.80 bits per heavy atom. The van der Waals surface area contributed by atoms with Gasteiger partial charge in [0.2, 0.25) is 0 Å². The van der Waals surface area contributed by atoms with Gasteiger partial charge in [0, 0.05) is 0 Å². The minimum absolute atomic E-state index is 0.116. The van der Waals surface area contributed by atoms with Crippen molar-refractivity contribution in [1.29, 1.82) is 0 Å². The molecule has 1 rings (SSSR count). The molecule has 1 aromatic rings. The van der Waals surface area contributed by atoms with Gasteiger partial charge in [-0.15, -0.1) is 0 Å². The van der Waals surface area contributed by atoms with Crippen LogP contribution in [0.4, 0.5) is 0 Å². The predicted molar refractivity (Wildman–Crippen MR) is 65.5 cm³/mol. The molecule has 0 radical (unpaired) electrons. The summed E-state index contributed by atoms with van der Waals surface area (Å²) < 4.78 is 5.67. The predicted octanol–water partition coefficient (Wildman–Crippen LogP) is 4.25. The van der Waals surface area contributed by atoms with E-state index in [2.05, 4.69) is 52.0 Å². The van der Waals surface area contributed by atoms with Gasteiger partial charge in [-0.3, -0.25) is 0 Å². The molecule has 0 atom stereocenters. The Hall–Kier alpha value is -1.24. The first kappa shape index (κ1) is 11.8. The van der Waals surface area contributed by atoms with Gasteiger partial charge in [-0.05, 0) is 38.3 Å². The normalized spacial score (nSPS) is 12.7. The van der Waals surface area contributed by atoms with Crippen LogP contribution in [0.3, 0.4) is 0 Å². The van der Waals surface area contributed by atoms with Gasteiger partial charge in [0.25, 0.3) is 0 Å². The first-order valence-electron chi connectivity index (χ1n) is 5.45. The Morgan fingerprint density at radius 3 is 2.27 bits per heavy atom. The molecule has 0 amide bonds. The van der Waals surface area contributed by atoms with Crippen LogP contribution in [-0.4, -0.2) is 5.60 Å². The molecule has 0 aliphatic carbocycles. The Bertz CT molecular complexity index is 317. The quantitative estimate of drug-likeness (QED) is 0.669. The zero-order chi connectivity index (χ0) is 11.3. The summed E-state index contributed by atoms with van der Waals surface area (Å²) in [6.45, 7) is 8.32. The van der Waals surface area contributed by atoms with Crippen molar-refractivity contribution >= 4 is 5.57 Å². The first-order chi connectivity index (χ1) is 7.03. The Balaban J connectivity index is 2.81. The molecule has 0 heterocycles. The third-order valence-electron chi connectivity index (χ3n) is 2.08. The van der Waals surface area contributed by atoms with Crippen molar-refractivity contribution in [3.8, 4) is 0 Å². The molecule has 0 saturated heterocycles. The largest absolute Gasteiger partial charge is 0.495 e. The second-order valence-corrected chi connectivity index (χ2v) is 4.59. The van der Waals surface area contributed by atoms with Crippen LogP contribution in [0.1, 0.15) is 39.7 Å². The van der Waals surface area contributed by atoms with Gasteiger partial charge in [0.05, 0.1) is 11.9 Å². The minimum atomic E-state index is -0.116. The fraction of sp³-hybridized carbons (Fsp3) is 0.429. The number of ether oxygens (including phenoxy) is 1. The summed E-state index contributed by atoms with van der Waals surface area (Å²) in [5.41, 5.74) is 2.37. The smallest absolute Gasteiger partial charge is 0.0998 e. The van der Waals surface area contributed by atoms with Gasteiger partial charge in [-0.2, -0.15) is 0 Å². The van der Waals surface area contributed by atoms with E-state index < -0.39 is 0 Å². The summed E-state index contributed by atoms with van der Waals surface area (Å²) in [7, 11) is 0. The van der Waals surface area contributed by atoms with E-state index in [-0.39, 0.29) is 5.60 Å². The van der Waals surface area contributed by atoms with E-state index in [9.17, 15) is 0 Å². The third kappa shape index (κ3) is 4.20. The van der Waals surface area contributed by atoms with E-state index in [0.29, 0.717) is 0 Å². The lowest BCUT2D eigenvalue weighted by Crippen LogP contribution is -2.15. The molecule has 1 aromatic carbocycles. The van der Waals surface area contributed by atoms with E-state index in [1.807, 2.05) is 12.3 Å². The van der Waals surface area contributed by atoms with Crippen molar-refractivity contribution in [3.05, 3.63) is 42.2 Å². The lowest BCUT2D eigenvalue weighted by molar-refractivity contribution is 0.0774. The molecule has 0 unspecified atom stereocenters. The number of benzene rings is 1. The second kappa shape index (κ2) is 5.01. The summed E-state index contributed by atoms with van der Waals surface area (Å²) in [4.78, 5) is 0. The molecule has 15 heavy (non-hydrogen) atoms. The fourth-order valence-electron chi connectivity index (χ4n) is 1.26. The number of hydrogen-bond acceptors (Lipinski definition) is 1. The van der Waals surface area contributed by atoms with Crippen molar-refractivity contribution < 1.29 is 4.74 Å². The number of hydrogen-bond donors (Lipinski definition) is 0. The highest BCUT2D eigenvalue weighted by Gasteiger charge is 2.09. The molecule has 1 heteroatoms. The fourth-order valence-corrected chi connectivity index (χ4v) is 1.26. The summed E-state index contributed by atoms with van der Waals surface area (Å²) in [6.07, 6.45) is 2.87. The van der Waals surface area contributed by atoms with Gasteiger partial charge >= 0.3 is 0 Å². The van der Waals surface area contributed by atoms with Gasteiger partial charge in [-0.25, -0.2) is 0 Å². The zero-order valence-corrected chi connectivity index (χ0v) is 10.1. The van der Waals surface area contributed by atoms with Crippen LogP contribution < -0.4 is 0 Å². The molecule has 0 aliphatic heterocycles. The molecule has 1 nitrogen and oxygen atoms in total. The maximum atomic E-state index is 5.67. The molecule has 0 aromatic heterocycles. The van der Waals surface area contributed by atoms with Crippen LogP contribution in [0.15, 0.2) is 36.6 Å². The molecule has 0 bridgehead atoms. The van der Waals surface area contributed by atoms with Crippen LogP contribution in [0.25, 0.3) is 5.57 Å². The van der Waals surface area contributed by atoms with Crippen molar-refractivity contribution in [2.24, 2.45) is 0 Å². The molecular weight excluding hydrogens is 184 g/mol. The molecule has 0 saturated carbocycles. The molecule has 0 spiro atoms. The van der Waals surface area contributed by atoms with E-state index in [1.54, 1.807) is 0 Å². The van der Waals surface area contributed by atoms with Gasteiger partial charge in [-0.1, -0.05) is 37.3 Å². The molecule has 82 valence electrons. The summed E-state index contributed by atoms with van der Waals surface area (Å²) in [5, 5.41) is 0. The van der Waals surface area contributed by atoms with Crippen molar-refractivity contribution in [2.45, 2.75) is 39.7 Å². The maximum absolute atomic E-state index is 5.67. The standard InChI is InChI=1S/C14H20O/c1-5-12(11-15-14(2,3)4)13-9-7-6-8-10-13/h6-11H,5H2,1-4H3. The van der Waals surface area contributed by atoms with E-state index in [4.69, 9.17) is 4.74 Å². The Morgan fingerprint density at radius 1 is 1.20 bits per heavy atom. The summed E-state index contributed by atoms with van der Waals surface area (Å²) >= 11 is 0. The van der Waals surface area contributed by atoms with Crippen molar-refractivity contribution in [2.75, 3.05) is 0 Å². The molecular formula is C14H20O. The number of rotatable bonds is 3. The monoisotopic (exact) mass is 204 g/mol. The zero-order valence-electron chi connectivity index (χ0n) is 10.1. The summed E-state index contributed by atoms with van der Waals surface area (Å²) in [6, 6.07) is 10.4. The van der Waals surface area contributed by atoms with Crippen LogP contribution in [0.2, 0.25) is 0 Å². The second-order valence-electron chi connectivity index (χ2n) is 4.59. The van der Waals surface area contributed by atoms with Crippen molar-refractivity contribution in [3.63, 3.8) is 0 Å². The SMILES string of the molecule is CCC(=COC(C)(C)C)c1ccccc1. The van der Waals surface area contributed by atoms with E-state index in [1.165, 1.54) is 11.1 Å². The third-order valence-corrected chi connectivity index (χ3v) is 2.08. The Kier molecular flexibility index (Phi) is 3.96. The van der Waals surface area contributed by atoms with Crippen molar-refractivity contribution in [1.82, 2.24) is 0 Å². The van der Waals surface area contributed by atoms with Gasteiger partial charge < -0.3 is 4.74 Å². The van der Waals surface area contributed by atoms with Crippen LogP contribution in [0.5, 0.6) is 0 Å². The molecule has 0 aliphatic rings. The molecule has 0 fully saturated rings. The minimum Gasteiger partial charge on any atom is -0.495 e. The maximum Gasteiger partial charge on any atom is 0.0998 e. The number of allylic oxidation sites excluding steroid dienone is 1. The highest BCUT2D eigenvalue weighted by Crippen LogP contribution is 2.19. The average Bonchev–Trinajstić information content (AvgIpc) is 2.19. The topological polar surface area (TPSA) is 9.23 Å². The highest BCUT2D eigenvalue weighted by atomic mass is 16.5. The van der Waals surface area contributed by atoms with Gasteiger partial charge in [0.15, 0.2) is 0 Å². The molecule has 0 N–H and O–H groups in total. The first-order valence-corrected chi connectivity index (χ1v) is 5.45. The van der Waals surface area contributed by atoms with E-state index >= 15 is 0 Å². The average molecular weight is 204 g/mol. The summed E-state index contributed by atoms with van der Waals surface area (Å²) in [5.74, 6) is 0. The van der Waals surface area contributed by atoms with Crippen LogP contribution in [0, 0.1) is 0 Å². The lowest BCUT2D eigenvalue weighted by atomic mass is 10.1. The van der Waals surface area contributed by atoms with E-state index in [0.717, 1.165) is 6.42 Å². The highest BCUT2D eigenvalue weighted by molar-refractivity contribution is 5.64. The van der Waals surface area contributed by atoms with Crippen LogP contribution in [-0.2, 0) is 4.74 Å².